The van der Waals surface area contributed by atoms with Crippen molar-refractivity contribution in [2.75, 3.05) is 12.4 Å². The molecule has 0 fully saturated rings. The molecule has 1 aromatic heterocycles. The van der Waals surface area contributed by atoms with E-state index in [4.69, 9.17) is 4.74 Å². The van der Waals surface area contributed by atoms with Crippen molar-refractivity contribution in [1.82, 2.24) is 9.78 Å². The van der Waals surface area contributed by atoms with Gasteiger partial charge in [-0.25, -0.2) is 0 Å². The van der Waals surface area contributed by atoms with E-state index < -0.39 is 0 Å². The molecule has 0 saturated heterocycles. The lowest BCUT2D eigenvalue weighted by Gasteiger charge is -2.10. The maximum atomic E-state index is 5.25. The zero-order valence-electron chi connectivity index (χ0n) is 11.6. The molecular formula is C14H18BrN3O. The number of methoxy groups -OCH3 is 1. The van der Waals surface area contributed by atoms with Crippen LogP contribution in [0.5, 0.6) is 5.75 Å². The smallest absolute Gasteiger partial charge is 0.119 e. The Morgan fingerprint density at radius 2 is 2.11 bits per heavy atom. The molecule has 2 rings (SSSR count). The van der Waals surface area contributed by atoms with Gasteiger partial charge in [0.25, 0.3) is 0 Å². The van der Waals surface area contributed by atoms with Crippen molar-refractivity contribution in [3.8, 4) is 5.75 Å². The summed E-state index contributed by atoms with van der Waals surface area (Å²) in [6.45, 7) is 4.80. The number of ether oxygens (including phenoxy) is 1. The molecule has 1 N–H and O–H groups in total. The van der Waals surface area contributed by atoms with E-state index in [0.29, 0.717) is 0 Å². The lowest BCUT2D eigenvalue weighted by atomic mass is 10.2. The van der Waals surface area contributed by atoms with E-state index in [1.165, 1.54) is 0 Å². The highest BCUT2D eigenvalue weighted by atomic mass is 79.9. The van der Waals surface area contributed by atoms with E-state index in [-0.39, 0.29) is 0 Å². The van der Waals surface area contributed by atoms with Crippen molar-refractivity contribution < 1.29 is 4.74 Å². The molecule has 0 radical (unpaired) electrons. The summed E-state index contributed by atoms with van der Waals surface area (Å²) in [6.07, 6.45) is 0. The first kappa shape index (κ1) is 13.9. The molecule has 1 aromatic carbocycles. The number of aryl methyl sites for hydroxylation is 2. The molecule has 19 heavy (non-hydrogen) atoms. The zero-order chi connectivity index (χ0) is 14.0. The van der Waals surface area contributed by atoms with Crippen LogP contribution < -0.4 is 10.1 Å². The number of nitrogens with zero attached hydrogens (tertiary/aromatic N) is 2. The van der Waals surface area contributed by atoms with Gasteiger partial charge in [-0.15, -0.1) is 0 Å². The predicted molar refractivity (Wildman–Crippen MR) is 80.7 cm³/mol. The Balaban J connectivity index is 2.18. The van der Waals surface area contributed by atoms with Gasteiger partial charge in [-0.1, -0.05) is 15.9 Å². The minimum Gasteiger partial charge on any atom is -0.497 e. The van der Waals surface area contributed by atoms with Gasteiger partial charge in [0, 0.05) is 18.1 Å². The topological polar surface area (TPSA) is 39.1 Å². The summed E-state index contributed by atoms with van der Waals surface area (Å²) in [7, 11) is 3.63. The van der Waals surface area contributed by atoms with E-state index in [9.17, 15) is 0 Å². The van der Waals surface area contributed by atoms with Crippen molar-refractivity contribution in [2.45, 2.75) is 20.4 Å². The Hall–Kier alpha value is -1.49. The second-order valence-corrected chi connectivity index (χ2v) is 5.33. The van der Waals surface area contributed by atoms with Crippen LogP contribution in [0.2, 0.25) is 0 Å². The van der Waals surface area contributed by atoms with E-state index in [1.807, 2.05) is 36.9 Å². The zero-order valence-corrected chi connectivity index (χ0v) is 13.2. The highest BCUT2D eigenvalue weighted by Gasteiger charge is 2.09. The lowest BCUT2D eigenvalue weighted by molar-refractivity contribution is 0.414. The van der Waals surface area contributed by atoms with Crippen LogP contribution in [0.3, 0.4) is 0 Å². The number of halogens is 1. The van der Waals surface area contributed by atoms with Crippen LogP contribution >= 0.6 is 15.9 Å². The quantitative estimate of drug-likeness (QED) is 0.937. The van der Waals surface area contributed by atoms with Crippen LogP contribution in [0, 0.1) is 13.8 Å². The van der Waals surface area contributed by atoms with Crippen molar-refractivity contribution in [1.29, 1.82) is 0 Å². The second kappa shape index (κ2) is 5.65. The summed E-state index contributed by atoms with van der Waals surface area (Å²) in [5.41, 5.74) is 4.40. The van der Waals surface area contributed by atoms with Gasteiger partial charge in [0.2, 0.25) is 0 Å². The van der Waals surface area contributed by atoms with Gasteiger partial charge in [0.15, 0.2) is 0 Å². The van der Waals surface area contributed by atoms with E-state index in [2.05, 4.69) is 33.3 Å². The summed E-state index contributed by atoms with van der Waals surface area (Å²) < 4.78 is 8.21. The lowest BCUT2D eigenvalue weighted by Crippen LogP contribution is -2.03. The number of hydrogen-bond donors (Lipinski definition) is 1. The first-order chi connectivity index (χ1) is 9.02. The fourth-order valence-corrected chi connectivity index (χ4v) is 2.41. The summed E-state index contributed by atoms with van der Waals surface area (Å²) in [5.74, 6) is 0.861. The predicted octanol–water partition coefficient (Wildman–Crippen LogP) is 3.42. The van der Waals surface area contributed by atoms with Gasteiger partial charge in [-0.05, 0) is 37.6 Å². The summed E-state index contributed by atoms with van der Waals surface area (Å²) in [5, 5.41) is 7.84. The van der Waals surface area contributed by atoms with Crippen LogP contribution in [-0.2, 0) is 13.6 Å². The molecule has 0 aliphatic heterocycles. The van der Waals surface area contributed by atoms with Crippen LogP contribution in [-0.4, -0.2) is 16.9 Å². The minimum absolute atomic E-state index is 0.727. The van der Waals surface area contributed by atoms with Gasteiger partial charge < -0.3 is 10.1 Å². The number of aromatic nitrogens is 2. The molecule has 0 aliphatic carbocycles. The van der Waals surface area contributed by atoms with E-state index >= 15 is 0 Å². The van der Waals surface area contributed by atoms with Crippen LogP contribution in [0.25, 0.3) is 0 Å². The number of anilines is 1. The Morgan fingerprint density at radius 3 is 2.68 bits per heavy atom. The SMILES string of the molecule is COc1ccc(Br)c(CNc2c(C)nn(C)c2C)c1. The van der Waals surface area contributed by atoms with E-state index in [1.54, 1.807) is 7.11 Å². The summed E-state index contributed by atoms with van der Waals surface area (Å²) in [4.78, 5) is 0. The highest BCUT2D eigenvalue weighted by Crippen LogP contribution is 2.25. The van der Waals surface area contributed by atoms with Crippen LogP contribution in [0.4, 0.5) is 5.69 Å². The van der Waals surface area contributed by atoms with Gasteiger partial charge in [0.1, 0.15) is 5.75 Å². The third-order valence-corrected chi connectivity index (χ3v) is 3.99. The molecule has 0 unspecified atom stereocenters. The molecule has 0 atom stereocenters. The van der Waals surface area contributed by atoms with Crippen molar-refractivity contribution >= 4 is 21.6 Å². The minimum atomic E-state index is 0.727. The maximum Gasteiger partial charge on any atom is 0.119 e. The third-order valence-electron chi connectivity index (χ3n) is 3.22. The largest absolute Gasteiger partial charge is 0.497 e. The first-order valence-electron chi connectivity index (χ1n) is 6.09. The fourth-order valence-electron chi connectivity index (χ4n) is 2.03. The van der Waals surface area contributed by atoms with Crippen LogP contribution in [0.15, 0.2) is 22.7 Å². The molecule has 5 heteroatoms. The number of hydrogen-bond acceptors (Lipinski definition) is 3. The molecule has 0 amide bonds. The third kappa shape index (κ3) is 2.92. The standard InChI is InChI=1S/C14H18BrN3O/c1-9-14(10(2)18(3)17-9)16-8-11-7-12(19-4)5-6-13(11)15/h5-7,16H,8H2,1-4H3. The average molecular weight is 324 g/mol. The maximum absolute atomic E-state index is 5.25. The van der Waals surface area contributed by atoms with Gasteiger partial charge >= 0.3 is 0 Å². The Kier molecular flexibility index (Phi) is 4.14. The van der Waals surface area contributed by atoms with Crippen molar-refractivity contribution in [3.63, 3.8) is 0 Å². The van der Waals surface area contributed by atoms with Crippen molar-refractivity contribution in [3.05, 3.63) is 39.6 Å². The van der Waals surface area contributed by atoms with Crippen LogP contribution in [0.1, 0.15) is 17.0 Å². The molecule has 0 saturated carbocycles. The number of benzene rings is 1. The first-order valence-corrected chi connectivity index (χ1v) is 6.88. The summed E-state index contributed by atoms with van der Waals surface area (Å²) >= 11 is 3.56. The molecule has 4 nitrogen and oxygen atoms in total. The molecule has 1 heterocycles. The van der Waals surface area contributed by atoms with Gasteiger partial charge in [-0.3, -0.25) is 4.68 Å². The Labute approximate surface area is 121 Å². The molecule has 0 aliphatic rings. The van der Waals surface area contributed by atoms with E-state index in [0.717, 1.165) is 39.4 Å². The monoisotopic (exact) mass is 323 g/mol. The molecule has 0 spiro atoms. The Morgan fingerprint density at radius 1 is 1.37 bits per heavy atom. The second-order valence-electron chi connectivity index (χ2n) is 4.48. The number of nitrogens with one attached hydrogen (secondary N) is 1. The molecule has 0 bridgehead atoms. The molecule has 102 valence electrons. The number of rotatable bonds is 4. The van der Waals surface area contributed by atoms with Crippen molar-refractivity contribution in [2.24, 2.45) is 7.05 Å². The van der Waals surface area contributed by atoms with Gasteiger partial charge in [-0.2, -0.15) is 5.10 Å². The average Bonchev–Trinajstić information content (AvgIpc) is 2.63. The molecular weight excluding hydrogens is 306 g/mol. The summed E-state index contributed by atoms with van der Waals surface area (Å²) in [6, 6.07) is 5.96. The highest BCUT2D eigenvalue weighted by molar-refractivity contribution is 9.10. The van der Waals surface area contributed by atoms with Gasteiger partial charge in [0.05, 0.1) is 24.2 Å². The fraction of sp³-hybridized carbons (Fsp3) is 0.357. The molecule has 2 aromatic rings. The normalized spacial score (nSPS) is 10.6. The Bertz CT molecular complexity index is 593.